The molecule has 33 heavy (non-hydrogen) atoms. The molecule has 0 atom stereocenters. The van der Waals surface area contributed by atoms with Crippen molar-refractivity contribution in [1.82, 2.24) is 15.0 Å². The number of nitrogens with zero attached hydrogens (tertiary/aromatic N) is 3. The number of rotatable bonds is 3. The lowest BCUT2D eigenvalue weighted by atomic mass is 9.98. The first-order valence-electron chi connectivity index (χ1n) is 10.5. The number of benzene rings is 4. The predicted molar refractivity (Wildman–Crippen MR) is 129 cm³/mol. The zero-order chi connectivity index (χ0) is 22.4. The van der Waals surface area contributed by atoms with E-state index in [1.54, 1.807) is 0 Å². The number of hydrogen-bond acceptors (Lipinski definition) is 3. The van der Waals surface area contributed by atoms with Crippen molar-refractivity contribution in [2.75, 3.05) is 0 Å². The molecule has 1 aromatic heterocycles. The topological polar surface area (TPSA) is 50.0 Å². The molecule has 0 bridgehead atoms. The van der Waals surface area contributed by atoms with Gasteiger partial charge in [0, 0.05) is 34.9 Å². The Hall–Kier alpha value is -4.15. The van der Waals surface area contributed by atoms with Gasteiger partial charge in [0.25, 0.3) is 0 Å². The molecular weight excluding hydrogens is 430 g/mol. The van der Waals surface area contributed by atoms with Crippen molar-refractivity contribution in [1.29, 1.82) is 0 Å². The summed E-state index contributed by atoms with van der Waals surface area (Å²) < 4.78 is 6.15. The summed E-state index contributed by atoms with van der Waals surface area (Å²) >= 11 is 5.46. The van der Waals surface area contributed by atoms with Crippen molar-refractivity contribution in [3.05, 3.63) is 111 Å². The fourth-order valence-corrected chi connectivity index (χ4v) is 4.35. The van der Waals surface area contributed by atoms with E-state index in [1.807, 2.05) is 91.0 Å². The Labute approximate surface area is 195 Å². The van der Waals surface area contributed by atoms with Gasteiger partial charge in [0.1, 0.15) is 11.1 Å². The van der Waals surface area contributed by atoms with E-state index in [0.29, 0.717) is 17.5 Å². The minimum Gasteiger partial charge on any atom is -0.208 e. The molecule has 5 heteroatoms. The molecule has 0 spiro atoms. The Morgan fingerprint density at radius 3 is 1.88 bits per heavy atom. The zero-order valence-corrected chi connectivity index (χ0v) is 18.3. The molecule has 0 unspecified atom stereocenters. The molecule has 4 nitrogen and oxygen atoms in total. The Bertz CT molecular complexity index is 1580. The van der Waals surface area contributed by atoms with Gasteiger partial charge in [-0.05, 0) is 6.07 Å². The van der Waals surface area contributed by atoms with Crippen LogP contribution in [0.3, 0.4) is 0 Å². The van der Waals surface area contributed by atoms with Gasteiger partial charge in [-0.15, -0.1) is 0 Å². The first kappa shape index (κ1) is 19.5. The summed E-state index contributed by atoms with van der Waals surface area (Å²) in [7, 11) is 0. The lowest BCUT2D eigenvalue weighted by Gasteiger charge is -2.09. The van der Waals surface area contributed by atoms with E-state index >= 15 is 0 Å². The lowest BCUT2D eigenvalue weighted by molar-refractivity contribution is -0.288. The average molecular weight is 448 g/mol. The molecular formula is C28H18ClN3O+2. The minimum absolute atomic E-state index is 0.580. The second kappa shape index (κ2) is 7.76. The van der Waals surface area contributed by atoms with E-state index < -0.39 is 0 Å². The lowest BCUT2D eigenvalue weighted by Crippen LogP contribution is -2.23. The van der Waals surface area contributed by atoms with Crippen LogP contribution >= 0.6 is 0 Å². The maximum Gasteiger partial charge on any atom is 0.368 e. The van der Waals surface area contributed by atoms with E-state index in [0.717, 1.165) is 49.2 Å². The van der Waals surface area contributed by atoms with E-state index in [-0.39, 0.29) is 0 Å². The molecule has 5 aromatic rings. The highest BCUT2D eigenvalue weighted by molar-refractivity contribution is 5.90. The van der Waals surface area contributed by atoms with Crippen molar-refractivity contribution in [2.24, 2.45) is 0 Å². The molecule has 0 fully saturated rings. The van der Waals surface area contributed by atoms with Gasteiger partial charge in [-0.2, -0.15) is 0 Å². The van der Waals surface area contributed by atoms with Crippen molar-refractivity contribution in [2.45, 2.75) is 0 Å². The van der Waals surface area contributed by atoms with Crippen LogP contribution in [0, 0.1) is 11.6 Å². The van der Waals surface area contributed by atoms with Crippen LogP contribution in [0.25, 0.3) is 51.9 Å². The number of hydrogen-bond donors (Lipinski definition) is 0. The summed E-state index contributed by atoms with van der Waals surface area (Å²) in [6.45, 7) is 4.11. The third-order valence-corrected chi connectivity index (χ3v) is 5.82. The first-order valence-corrected chi connectivity index (χ1v) is 10.9. The first-order chi connectivity index (χ1) is 16.2. The second-order valence-corrected chi connectivity index (χ2v) is 8.25. The molecule has 0 radical (unpaired) electrons. The quantitative estimate of drug-likeness (QED) is 0.359. The predicted octanol–water partition coefficient (Wildman–Crippen LogP) is 4.99. The highest BCUT2D eigenvalue weighted by Crippen LogP contribution is 2.41. The third-order valence-electron chi connectivity index (χ3n) is 5.59. The van der Waals surface area contributed by atoms with Gasteiger partial charge in [0.15, 0.2) is 29.1 Å². The van der Waals surface area contributed by atoms with E-state index in [1.165, 1.54) is 0 Å². The van der Waals surface area contributed by atoms with Crippen LogP contribution in [0.15, 0.2) is 95.4 Å². The molecule has 1 aliphatic heterocycles. The van der Waals surface area contributed by atoms with Crippen LogP contribution in [0.2, 0.25) is 5.02 Å². The monoisotopic (exact) mass is 447 g/mol. The summed E-state index contributed by atoms with van der Waals surface area (Å²) in [6.07, 6.45) is 0. The van der Waals surface area contributed by atoms with Gasteiger partial charge >= 0.3 is 11.2 Å². The van der Waals surface area contributed by atoms with Crippen LogP contribution in [0.1, 0.15) is 0 Å². The molecule has 2 heterocycles. The standard InChI is InChI=1S/C28H18ClN3O/c1-17-15-20(29)16-22-24-21(13-8-14-23(24)33-25(17)22)28-31-26(18-9-4-2-5-10-18)30-27(32-28)19-11-6-3-7-12-19/h2-16,29H,1H2/q+2. The zero-order valence-electron chi connectivity index (χ0n) is 17.5. The summed E-state index contributed by atoms with van der Waals surface area (Å²) in [5, 5.41) is 1.49. The maximum absolute atomic E-state index is 6.15. The number of aromatic nitrogens is 3. The molecule has 0 N–H and O–H groups in total. The second-order valence-electron chi connectivity index (χ2n) is 7.78. The molecule has 4 aromatic carbocycles. The summed E-state index contributed by atoms with van der Waals surface area (Å²) in [4.78, 5) is 14.5. The van der Waals surface area contributed by atoms with E-state index in [2.05, 4.69) is 6.58 Å². The number of fused-ring (bicyclic) bond motifs is 3. The fourth-order valence-electron chi connectivity index (χ4n) is 4.09. The van der Waals surface area contributed by atoms with Crippen LogP contribution in [-0.4, -0.2) is 15.0 Å². The summed E-state index contributed by atoms with van der Waals surface area (Å²) in [6, 6.07) is 29.6. The van der Waals surface area contributed by atoms with Crippen molar-refractivity contribution in [3.63, 3.8) is 0 Å². The smallest absolute Gasteiger partial charge is 0.208 e. The van der Waals surface area contributed by atoms with Crippen LogP contribution in [-0.2, 0) is 0 Å². The van der Waals surface area contributed by atoms with Crippen LogP contribution < -0.4 is 10.6 Å². The van der Waals surface area contributed by atoms with Gasteiger partial charge < -0.3 is 0 Å². The van der Waals surface area contributed by atoms with Gasteiger partial charge in [-0.3, -0.25) is 0 Å². The largest absolute Gasteiger partial charge is 0.368 e. The fraction of sp³-hybridized carbons (Fsp3) is 0. The summed E-state index contributed by atoms with van der Waals surface area (Å²) in [5.41, 5.74) is 5.29. The third kappa shape index (κ3) is 3.41. The molecule has 0 saturated heterocycles. The Balaban J connectivity index is 1.62. The molecule has 156 valence electrons. The molecule has 0 aliphatic carbocycles. The Morgan fingerprint density at radius 1 is 0.636 bits per heavy atom. The van der Waals surface area contributed by atoms with Crippen LogP contribution in [0.5, 0.6) is 5.75 Å². The van der Waals surface area contributed by atoms with Crippen molar-refractivity contribution in [3.8, 4) is 51.0 Å². The molecule has 1 aliphatic rings. The van der Waals surface area contributed by atoms with Crippen LogP contribution in [0.4, 0.5) is 0 Å². The SMILES string of the molecule is C=c1cc([ClH+])cc2c1=[O+]c1cccc(-c3nc(-c4ccccc4)nc(-c4ccccc4)n3)c1-2. The summed E-state index contributed by atoms with van der Waals surface area (Å²) in [5.74, 6) is 2.56. The van der Waals surface area contributed by atoms with Gasteiger partial charge in [0.05, 0.1) is 5.22 Å². The van der Waals surface area contributed by atoms with E-state index in [9.17, 15) is 0 Å². The molecule has 6 rings (SSSR count). The highest BCUT2D eigenvalue weighted by atomic mass is 35.5. The average Bonchev–Trinajstić information content (AvgIpc) is 3.24. The Morgan fingerprint density at radius 2 is 1.24 bits per heavy atom. The van der Waals surface area contributed by atoms with Gasteiger partial charge in [-0.1, -0.05) is 73.3 Å². The maximum atomic E-state index is 6.15. The number of halogens is 1. The highest BCUT2D eigenvalue weighted by Gasteiger charge is 2.32. The Kier molecular flexibility index (Phi) is 4.60. The van der Waals surface area contributed by atoms with Crippen molar-refractivity contribution < 1.29 is 11.6 Å². The normalized spacial score (nSPS) is 11.5. The molecule has 0 amide bonds. The molecule has 0 saturated carbocycles. The van der Waals surface area contributed by atoms with Crippen molar-refractivity contribution >= 4 is 6.58 Å². The van der Waals surface area contributed by atoms with Gasteiger partial charge in [-0.25, -0.2) is 19.4 Å². The van der Waals surface area contributed by atoms with Gasteiger partial charge in [0.2, 0.25) is 5.02 Å². The van der Waals surface area contributed by atoms with E-state index in [4.69, 9.17) is 31.0 Å². The minimum atomic E-state index is 0.580.